The Balaban J connectivity index is 1.69. The van der Waals surface area contributed by atoms with E-state index >= 15 is 0 Å². The van der Waals surface area contributed by atoms with Gasteiger partial charge in [-0.25, -0.2) is 8.78 Å². The third kappa shape index (κ3) is 4.23. The van der Waals surface area contributed by atoms with Crippen LogP contribution in [0, 0.1) is 25.5 Å². The molecule has 0 nitrogen and oxygen atoms in total. The molecule has 4 aromatic carbocycles. The summed E-state index contributed by atoms with van der Waals surface area (Å²) in [6.45, 7) is 3.52. The number of benzene rings is 4. The first-order chi connectivity index (χ1) is 14.5. The zero-order chi connectivity index (χ0) is 21.1. The Bertz CT molecular complexity index is 1180. The number of hydrogen-bond acceptors (Lipinski definition) is 0. The Morgan fingerprint density at radius 2 is 0.967 bits per heavy atom. The standard InChI is InChI=1S/C28H22F2/c1-19-7-9-21(17-27(19)29)11-13-23-15-16-24(26-6-4-3-5-25(23)26)14-12-22-10-8-20(2)28(30)18-22/h3-18H,1-2H3/b13-11-,14-12-. The van der Waals surface area contributed by atoms with Crippen LogP contribution >= 0.6 is 0 Å². The maximum atomic E-state index is 13.8. The summed E-state index contributed by atoms with van der Waals surface area (Å²) in [6, 6.07) is 22.8. The molecule has 0 bridgehead atoms. The largest absolute Gasteiger partial charge is 0.207 e. The van der Waals surface area contributed by atoms with Gasteiger partial charge in [0.2, 0.25) is 0 Å². The van der Waals surface area contributed by atoms with E-state index in [0.29, 0.717) is 11.1 Å². The van der Waals surface area contributed by atoms with Crippen LogP contribution < -0.4 is 0 Å². The fraction of sp³-hybridized carbons (Fsp3) is 0.0714. The molecular weight excluding hydrogens is 374 g/mol. The van der Waals surface area contributed by atoms with Gasteiger partial charge in [-0.2, -0.15) is 0 Å². The third-order valence-electron chi connectivity index (χ3n) is 5.29. The summed E-state index contributed by atoms with van der Waals surface area (Å²) < 4.78 is 27.6. The van der Waals surface area contributed by atoms with Gasteiger partial charge in [-0.15, -0.1) is 0 Å². The van der Waals surface area contributed by atoms with E-state index in [1.165, 1.54) is 0 Å². The van der Waals surface area contributed by atoms with E-state index in [4.69, 9.17) is 0 Å². The molecule has 0 fully saturated rings. The molecule has 4 aromatic rings. The molecule has 0 aliphatic carbocycles. The van der Waals surface area contributed by atoms with Gasteiger partial charge in [0.05, 0.1) is 0 Å². The van der Waals surface area contributed by atoms with E-state index in [2.05, 4.69) is 24.3 Å². The van der Waals surface area contributed by atoms with Crippen LogP contribution in [0.25, 0.3) is 35.1 Å². The highest BCUT2D eigenvalue weighted by Crippen LogP contribution is 2.26. The zero-order valence-corrected chi connectivity index (χ0v) is 17.0. The average Bonchev–Trinajstić information content (AvgIpc) is 2.75. The summed E-state index contributed by atoms with van der Waals surface area (Å²) in [5.41, 5.74) is 5.06. The maximum absolute atomic E-state index is 13.8. The van der Waals surface area contributed by atoms with Gasteiger partial charge in [-0.3, -0.25) is 0 Å². The van der Waals surface area contributed by atoms with Crippen LogP contribution in [0.4, 0.5) is 8.78 Å². The SMILES string of the molecule is Cc1ccc(/C=C\c2ccc(/C=C\c3ccc(C)c(F)c3)c3ccccc23)cc1F. The molecular formula is C28H22F2. The maximum Gasteiger partial charge on any atom is 0.126 e. The van der Waals surface area contributed by atoms with Crippen molar-refractivity contribution >= 4 is 35.1 Å². The van der Waals surface area contributed by atoms with Crippen molar-refractivity contribution in [2.75, 3.05) is 0 Å². The van der Waals surface area contributed by atoms with Crippen molar-refractivity contribution in [2.45, 2.75) is 13.8 Å². The van der Waals surface area contributed by atoms with E-state index in [-0.39, 0.29) is 11.6 Å². The molecule has 0 heterocycles. The predicted octanol–water partition coefficient (Wildman–Crippen LogP) is 8.08. The first-order valence-corrected chi connectivity index (χ1v) is 9.91. The Morgan fingerprint density at radius 3 is 1.37 bits per heavy atom. The second-order valence-corrected chi connectivity index (χ2v) is 7.47. The smallest absolute Gasteiger partial charge is 0.126 e. The van der Waals surface area contributed by atoms with E-state index in [1.54, 1.807) is 38.1 Å². The van der Waals surface area contributed by atoms with Crippen molar-refractivity contribution in [1.82, 2.24) is 0 Å². The average molecular weight is 396 g/mol. The Kier molecular flexibility index (Phi) is 5.58. The molecule has 0 aliphatic heterocycles. The number of hydrogen-bond donors (Lipinski definition) is 0. The molecule has 4 rings (SSSR count). The highest BCUT2D eigenvalue weighted by atomic mass is 19.1. The van der Waals surface area contributed by atoms with Gasteiger partial charge in [0, 0.05) is 0 Å². The van der Waals surface area contributed by atoms with Gasteiger partial charge < -0.3 is 0 Å². The van der Waals surface area contributed by atoms with Crippen LogP contribution in [-0.4, -0.2) is 0 Å². The normalized spacial score (nSPS) is 11.7. The number of halogens is 2. The van der Waals surface area contributed by atoms with Crippen molar-refractivity contribution in [3.05, 3.63) is 118 Å². The van der Waals surface area contributed by atoms with Crippen molar-refractivity contribution in [2.24, 2.45) is 0 Å². The van der Waals surface area contributed by atoms with E-state index in [0.717, 1.165) is 33.0 Å². The molecule has 148 valence electrons. The van der Waals surface area contributed by atoms with Crippen molar-refractivity contribution in [3.8, 4) is 0 Å². The molecule has 0 atom stereocenters. The lowest BCUT2D eigenvalue weighted by atomic mass is 9.98. The van der Waals surface area contributed by atoms with Crippen molar-refractivity contribution in [3.63, 3.8) is 0 Å². The van der Waals surface area contributed by atoms with E-state index < -0.39 is 0 Å². The highest BCUT2D eigenvalue weighted by Gasteiger charge is 2.03. The van der Waals surface area contributed by atoms with Crippen LogP contribution in [0.15, 0.2) is 72.8 Å². The molecule has 0 aliphatic rings. The predicted molar refractivity (Wildman–Crippen MR) is 124 cm³/mol. The first-order valence-electron chi connectivity index (χ1n) is 9.91. The van der Waals surface area contributed by atoms with Crippen molar-refractivity contribution < 1.29 is 8.78 Å². The monoisotopic (exact) mass is 396 g/mol. The summed E-state index contributed by atoms with van der Waals surface area (Å²) in [4.78, 5) is 0. The summed E-state index contributed by atoms with van der Waals surface area (Å²) in [7, 11) is 0. The quantitative estimate of drug-likeness (QED) is 0.306. The summed E-state index contributed by atoms with van der Waals surface area (Å²) in [5.74, 6) is -0.398. The summed E-state index contributed by atoms with van der Waals surface area (Å²) in [6.07, 6.45) is 7.87. The first kappa shape index (κ1) is 19.8. The van der Waals surface area contributed by atoms with Gasteiger partial charge in [-0.05, 0) is 70.1 Å². The molecule has 0 aromatic heterocycles. The lowest BCUT2D eigenvalue weighted by Crippen LogP contribution is -1.85. The third-order valence-corrected chi connectivity index (χ3v) is 5.29. The molecule has 2 heteroatoms. The second-order valence-electron chi connectivity index (χ2n) is 7.47. The minimum atomic E-state index is -0.199. The topological polar surface area (TPSA) is 0 Å². The van der Waals surface area contributed by atoms with Crippen LogP contribution in [0.2, 0.25) is 0 Å². The summed E-state index contributed by atoms with van der Waals surface area (Å²) >= 11 is 0. The van der Waals surface area contributed by atoms with Crippen LogP contribution in [0.5, 0.6) is 0 Å². The van der Waals surface area contributed by atoms with Crippen molar-refractivity contribution in [1.29, 1.82) is 0 Å². The van der Waals surface area contributed by atoms with Crippen LogP contribution in [0.3, 0.4) is 0 Å². The molecule has 0 saturated carbocycles. The number of rotatable bonds is 4. The molecule has 0 amide bonds. The lowest BCUT2D eigenvalue weighted by Gasteiger charge is -2.07. The van der Waals surface area contributed by atoms with Gasteiger partial charge >= 0.3 is 0 Å². The minimum Gasteiger partial charge on any atom is -0.207 e. The molecule has 0 radical (unpaired) electrons. The van der Waals surface area contributed by atoms with E-state index in [1.807, 2.05) is 48.6 Å². The number of fused-ring (bicyclic) bond motifs is 1. The summed E-state index contributed by atoms with van der Waals surface area (Å²) in [5, 5.41) is 2.22. The second kappa shape index (κ2) is 8.46. The Hall–Kier alpha value is -3.52. The molecule has 0 saturated heterocycles. The van der Waals surface area contributed by atoms with Crippen LogP contribution in [-0.2, 0) is 0 Å². The zero-order valence-electron chi connectivity index (χ0n) is 17.0. The van der Waals surface area contributed by atoms with Gasteiger partial charge in [0.15, 0.2) is 0 Å². The fourth-order valence-electron chi connectivity index (χ4n) is 3.43. The van der Waals surface area contributed by atoms with Gasteiger partial charge in [0.1, 0.15) is 11.6 Å². The van der Waals surface area contributed by atoms with Gasteiger partial charge in [0.25, 0.3) is 0 Å². The Labute approximate surface area is 175 Å². The molecule has 0 spiro atoms. The molecule has 0 N–H and O–H groups in total. The number of aryl methyl sites for hydroxylation is 2. The lowest BCUT2D eigenvalue weighted by molar-refractivity contribution is 0.618. The van der Waals surface area contributed by atoms with Gasteiger partial charge in [-0.1, -0.05) is 85.0 Å². The fourth-order valence-corrected chi connectivity index (χ4v) is 3.43. The van der Waals surface area contributed by atoms with Crippen LogP contribution in [0.1, 0.15) is 33.4 Å². The highest BCUT2D eigenvalue weighted by molar-refractivity contribution is 5.99. The Morgan fingerprint density at radius 1 is 0.533 bits per heavy atom. The molecule has 30 heavy (non-hydrogen) atoms. The van der Waals surface area contributed by atoms with E-state index in [9.17, 15) is 8.78 Å². The minimum absolute atomic E-state index is 0.199. The molecule has 0 unspecified atom stereocenters.